The fraction of sp³-hybridized carbons (Fsp3) is 0. The molecular weight excluding hydrogens is 345 g/mol. The van der Waals surface area contributed by atoms with E-state index in [0.29, 0.717) is 15.9 Å². The van der Waals surface area contributed by atoms with E-state index in [1.807, 2.05) is 18.2 Å². The summed E-state index contributed by atoms with van der Waals surface area (Å²) in [5.41, 5.74) is 0.466. The molecule has 0 aliphatic carbocycles. The first kappa shape index (κ1) is 16.4. The van der Waals surface area contributed by atoms with Crippen molar-refractivity contribution >= 4 is 35.0 Å². The molecule has 2 nitrogen and oxygen atoms in total. The molecule has 0 bridgehead atoms. The summed E-state index contributed by atoms with van der Waals surface area (Å²) >= 11 is 7.30. The first-order chi connectivity index (χ1) is 11.7. The van der Waals surface area contributed by atoms with Crippen LogP contribution >= 0.6 is 23.4 Å². The fourth-order valence-electron chi connectivity index (χ4n) is 2.08. The van der Waals surface area contributed by atoms with E-state index >= 15 is 0 Å². The van der Waals surface area contributed by atoms with Gasteiger partial charge in [-0.15, -0.1) is 0 Å². The van der Waals surface area contributed by atoms with Crippen molar-refractivity contribution in [1.29, 1.82) is 5.26 Å². The van der Waals surface area contributed by atoms with Gasteiger partial charge in [0.15, 0.2) is 5.09 Å². The van der Waals surface area contributed by atoms with Crippen molar-refractivity contribution in [2.24, 2.45) is 0 Å². The molecule has 1 aromatic heterocycles. The van der Waals surface area contributed by atoms with Gasteiger partial charge in [-0.25, -0.2) is 4.39 Å². The number of hydrogen-bond acceptors (Lipinski definition) is 3. The van der Waals surface area contributed by atoms with Crippen LogP contribution < -0.4 is 0 Å². The molecule has 0 atom stereocenters. The molecule has 0 saturated carbocycles. The third kappa shape index (κ3) is 3.88. The summed E-state index contributed by atoms with van der Waals surface area (Å²) in [7, 11) is 0. The van der Waals surface area contributed by atoms with Crippen LogP contribution in [-0.4, -0.2) is 0 Å². The lowest BCUT2D eigenvalue weighted by Gasteiger charge is -2.00. The molecule has 0 spiro atoms. The van der Waals surface area contributed by atoms with Gasteiger partial charge in [-0.3, -0.25) is 0 Å². The highest BCUT2D eigenvalue weighted by Gasteiger charge is 2.09. The molecule has 0 unspecified atom stereocenters. The summed E-state index contributed by atoms with van der Waals surface area (Å²) in [5, 5.41) is 10.6. The van der Waals surface area contributed by atoms with Gasteiger partial charge in [0.1, 0.15) is 11.6 Å². The van der Waals surface area contributed by atoms with E-state index in [1.165, 1.54) is 23.9 Å². The number of rotatable bonds is 4. The van der Waals surface area contributed by atoms with Gasteiger partial charge >= 0.3 is 0 Å². The zero-order valence-corrected chi connectivity index (χ0v) is 13.9. The predicted octanol–water partition coefficient (Wildman–Crippen LogP) is 6.29. The summed E-state index contributed by atoms with van der Waals surface area (Å²) in [6.07, 6.45) is 1.53. The SMILES string of the molecule is N#CC(=Cc1ccc(Sc2ccc(Cl)cc2)o1)c1ccccc1F. The summed E-state index contributed by atoms with van der Waals surface area (Å²) in [4.78, 5) is 0.985. The number of halogens is 2. The second kappa shape index (κ2) is 7.39. The molecule has 0 fully saturated rings. The Morgan fingerprint density at radius 3 is 2.54 bits per heavy atom. The molecule has 0 radical (unpaired) electrons. The summed E-state index contributed by atoms with van der Waals surface area (Å²) < 4.78 is 19.5. The minimum atomic E-state index is -0.437. The van der Waals surface area contributed by atoms with Crippen molar-refractivity contribution in [3.8, 4) is 6.07 Å². The summed E-state index contributed by atoms with van der Waals surface area (Å²) in [6, 6.07) is 19.1. The Balaban J connectivity index is 1.83. The third-order valence-electron chi connectivity index (χ3n) is 3.21. The Hall–Kier alpha value is -2.48. The van der Waals surface area contributed by atoms with Crippen LogP contribution in [0.2, 0.25) is 5.02 Å². The lowest BCUT2D eigenvalue weighted by Crippen LogP contribution is -1.86. The van der Waals surface area contributed by atoms with Crippen LogP contribution in [0.4, 0.5) is 4.39 Å². The Bertz CT molecular complexity index is 925. The number of benzene rings is 2. The van der Waals surface area contributed by atoms with Gasteiger partial charge in [-0.2, -0.15) is 5.26 Å². The van der Waals surface area contributed by atoms with E-state index in [1.54, 1.807) is 42.5 Å². The van der Waals surface area contributed by atoms with Crippen molar-refractivity contribution in [3.05, 3.63) is 82.8 Å². The van der Waals surface area contributed by atoms with Crippen molar-refractivity contribution in [1.82, 2.24) is 0 Å². The Kier molecular flexibility index (Phi) is 5.05. The van der Waals surface area contributed by atoms with Gasteiger partial charge in [0.05, 0.1) is 11.6 Å². The van der Waals surface area contributed by atoms with E-state index in [4.69, 9.17) is 16.0 Å². The zero-order valence-electron chi connectivity index (χ0n) is 12.4. The van der Waals surface area contributed by atoms with Gasteiger partial charge in [0.2, 0.25) is 0 Å². The molecule has 24 heavy (non-hydrogen) atoms. The Morgan fingerprint density at radius 2 is 1.83 bits per heavy atom. The molecule has 0 aliphatic rings. The topological polar surface area (TPSA) is 36.9 Å². The van der Waals surface area contributed by atoms with Crippen LogP contribution in [-0.2, 0) is 0 Å². The minimum Gasteiger partial charge on any atom is -0.450 e. The van der Waals surface area contributed by atoms with E-state index in [2.05, 4.69) is 0 Å². The van der Waals surface area contributed by atoms with Crippen LogP contribution in [0.5, 0.6) is 0 Å². The molecular formula is C19H11ClFNOS. The largest absolute Gasteiger partial charge is 0.450 e. The number of allylic oxidation sites excluding steroid dienone is 1. The van der Waals surface area contributed by atoms with Crippen molar-refractivity contribution in [2.45, 2.75) is 9.99 Å². The smallest absolute Gasteiger partial charge is 0.165 e. The molecule has 118 valence electrons. The van der Waals surface area contributed by atoms with Gasteiger partial charge in [0, 0.05) is 15.5 Å². The molecule has 3 aromatic rings. The maximum absolute atomic E-state index is 13.8. The maximum atomic E-state index is 13.8. The van der Waals surface area contributed by atoms with E-state index in [9.17, 15) is 9.65 Å². The van der Waals surface area contributed by atoms with Crippen LogP contribution in [0.15, 0.2) is 75.1 Å². The lowest BCUT2D eigenvalue weighted by molar-refractivity contribution is 0.466. The molecule has 3 rings (SSSR count). The number of nitrogens with zero attached hydrogens (tertiary/aromatic N) is 1. The highest BCUT2D eigenvalue weighted by Crippen LogP contribution is 2.31. The molecule has 0 N–H and O–H groups in total. The predicted molar refractivity (Wildman–Crippen MR) is 94.2 cm³/mol. The maximum Gasteiger partial charge on any atom is 0.165 e. The quantitative estimate of drug-likeness (QED) is 0.516. The summed E-state index contributed by atoms with van der Waals surface area (Å²) in [5.74, 6) is 0.0545. The third-order valence-corrected chi connectivity index (χ3v) is 4.39. The minimum absolute atomic E-state index is 0.213. The normalized spacial score (nSPS) is 11.3. The average molecular weight is 356 g/mol. The van der Waals surface area contributed by atoms with E-state index in [0.717, 1.165) is 4.90 Å². The average Bonchev–Trinajstić information content (AvgIpc) is 3.03. The first-order valence-corrected chi connectivity index (χ1v) is 8.25. The molecule has 0 amide bonds. The van der Waals surface area contributed by atoms with Crippen LogP contribution in [0.25, 0.3) is 11.6 Å². The fourth-order valence-corrected chi connectivity index (χ4v) is 2.98. The van der Waals surface area contributed by atoms with Gasteiger partial charge in [-0.05, 0) is 48.5 Å². The molecule has 2 aromatic carbocycles. The highest BCUT2D eigenvalue weighted by atomic mass is 35.5. The van der Waals surface area contributed by atoms with E-state index < -0.39 is 5.82 Å². The van der Waals surface area contributed by atoms with Crippen molar-refractivity contribution < 1.29 is 8.81 Å². The first-order valence-electron chi connectivity index (χ1n) is 7.05. The van der Waals surface area contributed by atoms with Crippen molar-refractivity contribution in [2.75, 3.05) is 0 Å². The molecule has 0 saturated heterocycles. The molecule has 1 heterocycles. The Labute approximate surface area is 148 Å². The number of hydrogen-bond donors (Lipinski definition) is 0. The number of nitriles is 1. The van der Waals surface area contributed by atoms with Crippen LogP contribution in [0, 0.1) is 17.1 Å². The second-order valence-corrected chi connectivity index (χ2v) is 6.38. The van der Waals surface area contributed by atoms with Gasteiger partial charge < -0.3 is 4.42 Å². The molecule has 0 aliphatic heterocycles. The lowest BCUT2D eigenvalue weighted by atomic mass is 10.1. The van der Waals surface area contributed by atoms with Gasteiger partial charge in [-0.1, -0.05) is 41.6 Å². The van der Waals surface area contributed by atoms with Crippen LogP contribution in [0.3, 0.4) is 0 Å². The van der Waals surface area contributed by atoms with Gasteiger partial charge in [0.25, 0.3) is 0 Å². The monoisotopic (exact) mass is 355 g/mol. The second-order valence-electron chi connectivity index (χ2n) is 4.86. The highest BCUT2D eigenvalue weighted by molar-refractivity contribution is 7.99. The van der Waals surface area contributed by atoms with Crippen molar-refractivity contribution in [3.63, 3.8) is 0 Å². The summed E-state index contributed by atoms with van der Waals surface area (Å²) in [6.45, 7) is 0. The standard InChI is InChI=1S/C19H11ClFNOS/c20-14-5-8-16(9-6-14)24-19-10-7-15(23-19)11-13(12-22)17-3-1-2-4-18(17)21/h1-11H. The van der Waals surface area contributed by atoms with Crippen LogP contribution in [0.1, 0.15) is 11.3 Å². The zero-order chi connectivity index (χ0) is 16.9. The van der Waals surface area contributed by atoms with E-state index in [-0.39, 0.29) is 11.1 Å². The Morgan fingerprint density at radius 1 is 1.08 bits per heavy atom. The molecule has 5 heteroatoms. The number of furan rings is 1.